The molecule has 0 radical (unpaired) electrons. The molecule has 0 spiro atoms. The fourth-order valence-electron chi connectivity index (χ4n) is 6.35. The van der Waals surface area contributed by atoms with Crippen LogP contribution in [0.15, 0.2) is 72.4 Å². The number of esters is 1. The van der Waals surface area contributed by atoms with Gasteiger partial charge in [-0.05, 0) is 85.1 Å². The van der Waals surface area contributed by atoms with Crippen LogP contribution >= 0.6 is 0 Å². The number of aryl methyl sites for hydroxylation is 1. The van der Waals surface area contributed by atoms with E-state index in [1.807, 2.05) is 0 Å². The van der Waals surface area contributed by atoms with E-state index in [1.54, 1.807) is 5.57 Å². The summed E-state index contributed by atoms with van der Waals surface area (Å²) in [5, 5.41) is 8.92. The van der Waals surface area contributed by atoms with Crippen molar-refractivity contribution in [3.8, 4) is 0 Å². The predicted octanol–water partition coefficient (Wildman–Crippen LogP) is 8.17. The van der Waals surface area contributed by atoms with Crippen LogP contribution in [-0.2, 0) is 14.3 Å². The fraction of sp³-hybridized carbons (Fsp3) is 0.528. The summed E-state index contributed by atoms with van der Waals surface area (Å²) in [6.07, 6.45) is 26.8. The lowest BCUT2D eigenvalue weighted by molar-refractivity contribution is -0.141. The first-order valence-electron chi connectivity index (χ1n) is 15.4. The van der Waals surface area contributed by atoms with Gasteiger partial charge in [-0.3, -0.25) is 0 Å². The average Bonchev–Trinajstić information content (AvgIpc) is 2.99. The van der Waals surface area contributed by atoms with E-state index in [1.165, 1.54) is 73.6 Å². The second-order valence-electron chi connectivity index (χ2n) is 11.8. The van der Waals surface area contributed by atoms with E-state index in [2.05, 4.69) is 75.1 Å². The molecule has 4 heteroatoms. The lowest BCUT2D eigenvalue weighted by Crippen LogP contribution is -2.18. The highest BCUT2D eigenvalue weighted by Crippen LogP contribution is 2.39. The molecule has 0 aliphatic heterocycles. The number of carbonyl (C=O) groups is 1. The molecule has 2 unspecified atom stereocenters. The van der Waals surface area contributed by atoms with Crippen molar-refractivity contribution in [3.05, 3.63) is 89.1 Å². The second-order valence-corrected chi connectivity index (χ2v) is 11.8. The standard InChI is InChI=1S/C36H48O4/c1-4-5-6-7-28-8-10-29(11-9-28)30-12-14-32(15-13-30)35-21-18-33(24-26(35)2)31-16-19-34(20-17-31)39-22-23-40-36(38)27(3)25-37/h12-14,16-19,21,24,28-29,32,34,37H,3-11,15,20,22-23,25H2,1-2H3. The molecule has 0 bridgehead atoms. The molecule has 0 saturated heterocycles. The molecule has 3 aliphatic carbocycles. The monoisotopic (exact) mass is 544 g/mol. The molecule has 4 nitrogen and oxygen atoms in total. The lowest BCUT2D eigenvalue weighted by Gasteiger charge is -2.31. The number of allylic oxidation sites excluding steroid dienone is 6. The Kier molecular flexibility index (Phi) is 11.6. The topological polar surface area (TPSA) is 55.8 Å². The molecule has 216 valence electrons. The van der Waals surface area contributed by atoms with Gasteiger partial charge in [0.05, 0.1) is 24.9 Å². The summed E-state index contributed by atoms with van der Waals surface area (Å²) in [4.78, 5) is 11.5. The molecule has 2 atom stereocenters. The number of hydrogen-bond acceptors (Lipinski definition) is 4. The van der Waals surface area contributed by atoms with Gasteiger partial charge in [0, 0.05) is 5.92 Å². The smallest absolute Gasteiger partial charge is 0.335 e. The minimum Gasteiger partial charge on any atom is -0.460 e. The van der Waals surface area contributed by atoms with E-state index in [4.69, 9.17) is 14.6 Å². The number of carbonyl (C=O) groups excluding carboxylic acids is 1. The van der Waals surface area contributed by atoms with Gasteiger partial charge in [-0.15, -0.1) is 0 Å². The van der Waals surface area contributed by atoms with Crippen molar-refractivity contribution in [2.24, 2.45) is 11.8 Å². The molecular formula is C36H48O4. The number of aliphatic hydroxyl groups excluding tert-OH is 1. The van der Waals surface area contributed by atoms with E-state index in [0.29, 0.717) is 12.5 Å². The van der Waals surface area contributed by atoms with Crippen molar-refractivity contribution in [3.63, 3.8) is 0 Å². The lowest BCUT2D eigenvalue weighted by atomic mass is 9.74. The van der Waals surface area contributed by atoms with Crippen LogP contribution in [0, 0.1) is 18.8 Å². The van der Waals surface area contributed by atoms with E-state index < -0.39 is 12.6 Å². The Balaban J connectivity index is 1.22. The Labute approximate surface area is 241 Å². The van der Waals surface area contributed by atoms with Gasteiger partial charge in [-0.1, -0.05) is 93.8 Å². The largest absolute Gasteiger partial charge is 0.460 e. The van der Waals surface area contributed by atoms with Crippen LogP contribution in [0.1, 0.15) is 93.7 Å². The van der Waals surface area contributed by atoms with Gasteiger partial charge >= 0.3 is 5.97 Å². The Bertz CT molecular complexity index is 1130. The molecule has 40 heavy (non-hydrogen) atoms. The number of unbranched alkanes of at least 4 members (excludes halogenated alkanes) is 2. The highest BCUT2D eigenvalue weighted by Gasteiger charge is 2.24. The first kappa shape index (κ1) is 30.3. The van der Waals surface area contributed by atoms with Crippen molar-refractivity contribution < 1.29 is 19.4 Å². The van der Waals surface area contributed by atoms with E-state index in [0.717, 1.165) is 24.7 Å². The maximum Gasteiger partial charge on any atom is 0.335 e. The molecule has 1 N–H and O–H groups in total. The van der Waals surface area contributed by atoms with Crippen LogP contribution < -0.4 is 0 Å². The van der Waals surface area contributed by atoms with Gasteiger partial charge in [0.1, 0.15) is 6.61 Å². The van der Waals surface area contributed by atoms with Crippen LogP contribution in [0.4, 0.5) is 0 Å². The van der Waals surface area contributed by atoms with Crippen LogP contribution in [0.3, 0.4) is 0 Å². The van der Waals surface area contributed by atoms with Gasteiger partial charge in [-0.25, -0.2) is 4.79 Å². The second kappa shape index (κ2) is 15.3. The zero-order valence-corrected chi connectivity index (χ0v) is 24.6. The number of hydrogen-bond donors (Lipinski definition) is 1. The summed E-state index contributed by atoms with van der Waals surface area (Å²) in [6, 6.07) is 6.87. The molecule has 1 fully saturated rings. The number of aliphatic hydroxyl groups is 1. The van der Waals surface area contributed by atoms with E-state index in [-0.39, 0.29) is 18.3 Å². The number of benzene rings is 1. The highest BCUT2D eigenvalue weighted by atomic mass is 16.6. The van der Waals surface area contributed by atoms with Crippen LogP contribution in [0.2, 0.25) is 0 Å². The Morgan fingerprint density at radius 3 is 2.50 bits per heavy atom. The molecule has 0 amide bonds. The predicted molar refractivity (Wildman–Crippen MR) is 164 cm³/mol. The maximum atomic E-state index is 11.5. The SMILES string of the molecule is C=C(CO)C(=O)OCCOC1C=CC(c2ccc(C3C=CC(C4CCC(CCCCC)CC4)=CC3)c(C)c2)=CC1. The van der Waals surface area contributed by atoms with Crippen molar-refractivity contribution in [1.29, 1.82) is 0 Å². The summed E-state index contributed by atoms with van der Waals surface area (Å²) < 4.78 is 10.9. The van der Waals surface area contributed by atoms with Gasteiger partial charge in [0.25, 0.3) is 0 Å². The third-order valence-corrected chi connectivity index (χ3v) is 8.85. The van der Waals surface area contributed by atoms with E-state index in [9.17, 15) is 4.79 Å². The quantitative estimate of drug-likeness (QED) is 0.155. The van der Waals surface area contributed by atoms with Crippen LogP contribution in [-0.4, -0.2) is 37.0 Å². The van der Waals surface area contributed by atoms with Crippen molar-refractivity contribution >= 4 is 11.5 Å². The summed E-state index contributed by atoms with van der Waals surface area (Å²) in [5.74, 6) is 1.61. The molecule has 1 aromatic carbocycles. The van der Waals surface area contributed by atoms with E-state index >= 15 is 0 Å². The third kappa shape index (κ3) is 8.41. The number of rotatable bonds is 13. The molecule has 0 aromatic heterocycles. The molecule has 1 aromatic rings. The zero-order chi connectivity index (χ0) is 28.3. The molecule has 0 heterocycles. The Morgan fingerprint density at radius 2 is 1.85 bits per heavy atom. The summed E-state index contributed by atoms with van der Waals surface area (Å²) in [6.45, 7) is 8.05. The van der Waals surface area contributed by atoms with Gasteiger partial charge in [0.2, 0.25) is 0 Å². The zero-order valence-electron chi connectivity index (χ0n) is 24.6. The fourth-order valence-corrected chi connectivity index (χ4v) is 6.35. The van der Waals surface area contributed by atoms with Crippen LogP contribution in [0.25, 0.3) is 5.57 Å². The number of ether oxygens (including phenoxy) is 2. The maximum absolute atomic E-state index is 11.5. The minimum atomic E-state index is -0.582. The van der Waals surface area contributed by atoms with Gasteiger partial charge in [0.15, 0.2) is 0 Å². The van der Waals surface area contributed by atoms with Gasteiger partial charge in [-0.2, -0.15) is 0 Å². The molecular weight excluding hydrogens is 496 g/mol. The van der Waals surface area contributed by atoms with Gasteiger partial charge < -0.3 is 14.6 Å². The summed E-state index contributed by atoms with van der Waals surface area (Å²) >= 11 is 0. The van der Waals surface area contributed by atoms with Crippen molar-refractivity contribution in [2.75, 3.05) is 19.8 Å². The minimum absolute atomic E-state index is 0.0340. The highest BCUT2D eigenvalue weighted by molar-refractivity contribution is 5.87. The summed E-state index contributed by atoms with van der Waals surface area (Å²) in [5.41, 5.74) is 6.86. The third-order valence-electron chi connectivity index (χ3n) is 8.85. The van der Waals surface area contributed by atoms with Crippen molar-refractivity contribution in [2.45, 2.75) is 90.1 Å². The van der Waals surface area contributed by atoms with Crippen molar-refractivity contribution in [1.82, 2.24) is 0 Å². The van der Waals surface area contributed by atoms with Crippen LogP contribution in [0.5, 0.6) is 0 Å². The summed E-state index contributed by atoms with van der Waals surface area (Å²) in [7, 11) is 0. The Hall–Kier alpha value is -2.69. The molecule has 1 saturated carbocycles. The Morgan fingerprint density at radius 1 is 1.02 bits per heavy atom. The average molecular weight is 545 g/mol. The normalized spacial score (nSPS) is 24.4. The first-order chi connectivity index (χ1) is 19.5. The first-order valence-corrected chi connectivity index (χ1v) is 15.4. The molecule has 4 rings (SSSR count). The molecule has 3 aliphatic rings.